The maximum Gasteiger partial charge on any atom is 0.150 e. The van der Waals surface area contributed by atoms with E-state index in [0.717, 1.165) is 37.3 Å². The topological polar surface area (TPSA) is 41.9 Å². The Bertz CT molecular complexity index is 940. The molecule has 4 heterocycles. The van der Waals surface area contributed by atoms with E-state index in [1.165, 1.54) is 70.3 Å². The second-order valence-corrected chi connectivity index (χ2v) is 8.32. The van der Waals surface area contributed by atoms with Crippen molar-refractivity contribution in [1.29, 1.82) is 0 Å². The molecule has 4 nitrogen and oxygen atoms in total. The second-order valence-electron chi connectivity index (χ2n) is 7.32. The smallest absolute Gasteiger partial charge is 0.150 e. The first kappa shape index (κ1) is 15.5. The van der Waals surface area contributed by atoms with Crippen molar-refractivity contribution >= 4 is 37.6 Å². The molecule has 1 aliphatic carbocycles. The molecule has 0 spiro atoms. The van der Waals surface area contributed by atoms with E-state index in [-0.39, 0.29) is 0 Å². The van der Waals surface area contributed by atoms with Crippen LogP contribution in [0.1, 0.15) is 55.8 Å². The Morgan fingerprint density at radius 3 is 2.64 bits per heavy atom. The molecule has 0 radical (unpaired) electrons. The summed E-state index contributed by atoms with van der Waals surface area (Å²) in [6.07, 6.45) is 11.5. The number of fused-ring (bicyclic) bond motifs is 5. The molecule has 0 bridgehead atoms. The first-order valence-corrected chi connectivity index (χ1v) is 10.5. The van der Waals surface area contributed by atoms with Gasteiger partial charge in [-0.3, -0.25) is 0 Å². The fraction of sp³-hybridized carbons (Fsp3) is 0.550. The first-order chi connectivity index (χ1) is 12.4. The van der Waals surface area contributed by atoms with Crippen molar-refractivity contribution in [3.63, 3.8) is 0 Å². The lowest BCUT2D eigenvalue weighted by Crippen LogP contribution is -2.19. The lowest BCUT2D eigenvalue weighted by atomic mass is 9.88. The molecule has 0 atom stereocenters. The standard InChI is InChI=1S/C20H24N4S/c1-2-7-15-13-8-3-4-9-14(13)16-17-18(25-20(16)23-15)19(22-12-21-17)24-10-5-6-11-24/h12H,2-11H2,1H3. The third-order valence-electron chi connectivity index (χ3n) is 5.68. The van der Waals surface area contributed by atoms with Crippen LogP contribution in [-0.4, -0.2) is 28.0 Å². The quantitative estimate of drug-likeness (QED) is 0.687. The predicted molar refractivity (Wildman–Crippen MR) is 105 cm³/mol. The van der Waals surface area contributed by atoms with E-state index in [1.54, 1.807) is 6.33 Å². The van der Waals surface area contributed by atoms with Crippen LogP contribution in [0.3, 0.4) is 0 Å². The number of aromatic nitrogens is 3. The second kappa shape index (κ2) is 6.20. The minimum atomic E-state index is 1.09. The summed E-state index contributed by atoms with van der Waals surface area (Å²) in [5.74, 6) is 1.13. The highest BCUT2D eigenvalue weighted by Crippen LogP contribution is 2.42. The Hall–Kier alpha value is -1.75. The molecule has 1 fully saturated rings. The maximum absolute atomic E-state index is 5.12. The lowest BCUT2D eigenvalue weighted by molar-refractivity contribution is 0.675. The van der Waals surface area contributed by atoms with E-state index in [1.807, 2.05) is 11.3 Å². The molecule has 0 saturated carbocycles. The third-order valence-corrected chi connectivity index (χ3v) is 6.75. The average molecular weight is 353 g/mol. The van der Waals surface area contributed by atoms with Crippen LogP contribution >= 0.6 is 11.3 Å². The Balaban J connectivity index is 1.80. The zero-order chi connectivity index (χ0) is 16.8. The number of anilines is 1. The monoisotopic (exact) mass is 352 g/mol. The number of hydrogen-bond donors (Lipinski definition) is 0. The minimum Gasteiger partial charge on any atom is -0.355 e. The molecule has 0 unspecified atom stereocenters. The first-order valence-electron chi connectivity index (χ1n) is 9.69. The van der Waals surface area contributed by atoms with E-state index < -0.39 is 0 Å². The highest BCUT2D eigenvalue weighted by atomic mass is 32.1. The summed E-state index contributed by atoms with van der Waals surface area (Å²) in [6, 6.07) is 0. The highest BCUT2D eigenvalue weighted by Gasteiger charge is 2.24. The van der Waals surface area contributed by atoms with Crippen molar-refractivity contribution in [3.8, 4) is 0 Å². The van der Waals surface area contributed by atoms with Gasteiger partial charge in [-0.2, -0.15) is 0 Å². The van der Waals surface area contributed by atoms with Gasteiger partial charge >= 0.3 is 0 Å². The van der Waals surface area contributed by atoms with E-state index in [9.17, 15) is 0 Å². The van der Waals surface area contributed by atoms with Crippen LogP contribution in [0.2, 0.25) is 0 Å². The number of thiophene rings is 1. The van der Waals surface area contributed by atoms with E-state index in [2.05, 4.69) is 16.8 Å². The zero-order valence-electron chi connectivity index (χ0n) is 14.8. The van der Waals surface area contributed by atoms with Gasteiger partial charge in [0.2, 0.25) is 0 Å². The van der Waals surface area contributed by atoms with Gasteiger partial charge in [-0.25, -0.2) is 15.0 Å². The van der Waals surface area contributed by atoms with Crippen molar-refractivity contribution in [1.82, 2.24) is 15.0 Å². The molecular weight excluding hydrogens is 328 g/mol. The largest absolute Gasteiger partial charge is 0.355 e. The van der Waals surface area contributed by atoms with Gasteiger partial charge in [-0.1, -0.05) is 13.3 Å². The Morgan fingerprint density at radius 2 is 1.84 bits per heavy atom. The maximum atomic E-state index is 5.12. The van der Waals surface area contributed by atoms with Crippen molar-refractivity contribution in [3.05, 3.63) is 23.1 Å². The molecule has 0 N–H and O–H groups in total. The van der Waals surface area contributed by atoms with Crippen LogP contribution in [0.25, 0.3) is 20.4 Å². The van der Waals surface area contributed by atoms with Crippen molar-refractivity contribution < 1.29 is 0 Å². The van der Waals surface area contributed by atoms with Gasteiger partial charge in [0.1, 0.15) is 17.0 Å². The molecule has 3 aromatic heterocycles. The van der Waals surface area contributed by atoms with Crippen LogP contribution in [0.4, 0.5) is 5.82 Å². The molecule has 1 aliphatic heterocycles. The molecule has 0 aromatic carbocycles. The Kier molecular flexibility index (Phi) is 3.85. The van der Waals surface area contributed by atoms with Gasteiger partial charge in [0.25, 0.3) is 0 Å². The number of nitrogens with zero attached hydrogens (tertiary/aromatic N) is 4. The van der Waals surface area contributed by atoms with Gasteiger partial charge in [-0.05, 0) is 56.1 Å². The van der Waals surface area contributed by atoms with Gasteiger partial charge in [0, 0.05) is 24.2 Å². The lowest BCUT2D eigenvalue weighted by Gasteiger charge is -2.20. The van der Waals surface area contributed by atoms with Crippen molar-refractivity contribution in [2.45, 2.75) is 58.3 Å². The van der Waals surface area contributed by atoms with Gasteiger partial charge in [0.15, 0.2) is 0 Å². The van der Waals surface area contributed by atoms with Gasteiger partial charge in [-0.15, -0.1) is 11.3 Å². The highest BCUT2D eigenvalue weighted by molar-refractivity contribution is 7.26. The summed E-state index contributed by atoms with van der Waals surface area (Å²) in [5, 5.41) is 1.33. The fourth-order valence-corrected chi connectivity index (χ4v) is 5.72. The average Bonchev–Trinajstić information content (AvgIpc) is 3.29. The van der Waals surface area contributed by atoms with Gasteiger partial charge in [0.05, 0.1) is 10.2 Å². The summed E-state index contributed by atoms with van der Waals surface area (Å²) in [4.78, 5) is 18.1. The van der Waals surface area contributed by atoms with Crippen LogP contribution in [0.15, 0.2) is 6.33 Å². The molecule has 3 aromatic rings. The molecule has 25 heavy (non-hydrogen) atoms. The van der Waals surface area contributed by atoms with Crippen LogP contribution in [0, 0.1) is 0 Å². The SMILES string of the molecule is CCCc1nc2sc3c(N4CCCC4)ncnc3c2c2c1CCCC2. The normalized spacial score (nSPS) is 17.6. The minimum absolute atomic E-state index is 1.09. The molecule has 5 heteroatoms. The predicted octanol–water partition coefficient (Wildman–Crippen LogP) is 4.67. The number of hydrogen-bond acceptors (Lipinski definition) is 5. The summed E-state index contributed by atoms with van der Waals surface area (Å²) in [5.41, 5.74) is 5.55. The van der Waals surface area contributed by atoms with Crippen molar-refractivity contribution in [2.75, 3.05) is 18.0 Å². The van der Waals surface area contributed by atoms with Crippen LogP contribution in [-0.2, 0) is 19.3 Å². The number of pyridine rings is 1. The summed E-state index contributed by atoms with van der Waals surface area (Å²) >= 11 is 1.81. The third kappa shape index (κ3) is 2.43. The molecule has 130 valence electrons. The van der Waals surface area contributed by atoms with Crippen LogP contribution < -0.4 is 4.90 Å². The zero-order valence-corrected chi connectivity index (χ0v) is 15.7. The summed E-state index contributed by atoms with van der Waals surface area (Å²) < 4.78 is 1.24. The molecule has 0 amide bonds. The fourth-order valence-electron chi connectivity index (χ4n) is 4.52. The summed E-state index contributed by atoms with van der Waals surface area (Å²) in [7, 11) is 0. The number of aryl methyl sites for hydroxylation is 2. The molecular formula is C20H24N4S. The van der Waals surface area contributed by atoms with E-state index in [0.29, 0.717) is 0 Å². The molecule has 5 rings (SSSR count). The van der Waals surface area contributed by atoms with Crippen molar-refractivity contribution in [2.24, 2.45) is 0 Å². The Morgan fingerprint density at radius 1 is 1.04 bits per heavy atom. The molecule has 2 aliphatic rings. The van der Waals surface area contributed by atoms with Gasteiger partial charge < -0.3 is 4.90 Å². The summed E-state index contributed by atoms with van der Waals surface area (Å²) in [6.45, 7) is 4.49. The van der Waals surface area contributed by atoms with E-state index >= 15 is 0 Å². The molecule has 1 saturated heterocycles. The van der Waals surface area contributed by atoms with E-state index in [4.69, 9.17) is 9.97 Å². The number of rotatable bonds is 3. The van der Waals surface area contributed by atoms with Crippen LogP contribution in [0.5, 0.6) is 0 Å². The Labute approximate surface area is 152 Å².